The molecule has 3 aromatic rings. The molecule has 7 nitrogen and oxygen atoms in total. The predicted octanol–water partition coefficient (Wildman–Crippen LogP) is 3.20. The Kier molecular flexibility index (Phi) is 5.66. The lowest BCUT2D eigenvalue weighted by Gasteiger charge is -2.13. The van der Waals surface area contributed by atoms with Crippen LogP contribution in [0.4, 0.5) is 0 Å². The second-order valence-electron chi connectivity index (χ2n) is 7.54. The van der Waals surface area contributed by atoms with Gasteiger partial charge in [0, 0.05) is 12.2 Å². The molecule has 1 aliphatic heterocycles. The lowest BCUT2D eigenvalue weighted by atomic mass is 10.1. The van der Waals surface area contributed by atoms with Gasteiger partial charge in [0.05, 0.1) is 28.9 Å². The van der Waals surface area contributed by atoms with E-state index >= 15 is 0 Å². The molecular weight excluding hydrogens is 394 g/mol. The van der Waals surface area contributed by atoms with Crippen molar-refractivity contribution in [1.29, 1.82) is 0 Å². The minimum absolute atomic E-state index is 0.161. The molecule has 4 rings (SSSR count). The Morgan fingerprint density at radius 1 is 0.935 bits per heavy atom. The third-order valence-electron chi connectivity index (χ3n) is 5.31. The maximum atomic E-state index is 12.8. The van der Waals surface area contributed by atoms with Crippen molar-refractivity contribution in [2.45, 2.75) is 26.8 Å². The summed E-state index contributed by atoms with van der Waals surface area (Å²) in [5, 5.41) is 4.33. The molecule has 7 heteroatoms. The molecule has 1 aliphatic rings. The zero-order valence-electron chi connectivity index (χ0n) is 17.5. The van der Waals surface area contributed by atoms with E-state index in [2.05, 4.69) is 5.10 Å². The average Bonchev–Trinajstić information content (AvgIpc) is 3.22. The minimum atomic E-state index is -0.535. The largest absolute Gasteiger partial charge is 0.460 e. The highest BCUT2D eigenvalue weighted by molar-refractivity contribution is 6.21. The molecular formula is C24H23N3O4. The second-order valence-corrected chi connectivity index (χ2v) is 7.54. The van der Waals surface area contributed by atoms with Crippen LogP contribution in [-0.2, 0) is 17.7 Å². The summed E-state index contributed by atoms with van der Waals surface area (Å²) in [5.74, 6) is -1.25. The molecule has 0 fully saturated rings. The van der Waals surface area contributed by atoms with Gasteiger partial charge in [-0.3, -0.25) is 19.2 Å². The van der Waals surface area contributed by atoms with E-state index in [9.17, 15) is 14.4 Å². The van der Waals surface area contributed by atoms with E-state index in [1.807, 2.05) is 50.2 Å². The highest BCUT2D eigenvalue weighted by atomic mass is 16.5. The molecule has 0 saturated heterocycles. The molecule has 0 bridgehead atoms. The van der Waals surface area contributed by atoms with Crippen molar-refractivity contribution >= 4 is 17.8 Å². The quantitative estimate of drug-likeness (QED) is 0.436. The van der Waals surface area contributed by atoms with E-state index < -0.39 is 5.97 Å². The minimum Gasteiger partial charge on any atom is -0.460 e. The van der Waals surface area contributed by atoms with E-state index in [1.165, 1.54) is 23.1 Å². The zero-order chi connectivity index (χ0) is 22.0. The Bertz CT molecular complexity index is 1150. The smallest absolute Gasteiger partial charge is 0.338 e. The van der Waals surface area contributed by atoms with Crippen LogP contribution in [0.25, 0.3) is 0 Å². The van der Waals surface area contributed by atoms with Crippen molar-refractivity contribution < 1.29 is 19.1 Å². The van der Waals surface area contributed by atoms with Crippen molar-refractivity contribution in [1.82, 2.24) is 14.7 Å². The molecule has 2 aromatic carbocycles. The van der Waals surface area contributed by atoms with Gasteiger partial charge >= 0.3 is 5.97 Å². The van der Waals surface area contributed by atoms with Gasteiger partial charge in [-0.2, -0.15) is 5.10 Å². The molecule has 0 radical (unpaired) electrons. The number of hydrogen-bond donors (Lipinski definition) is 0. The SMILES string of the molecule is Cc1cc(C)n(CCOC(=O)c2ccc3c(c2)C(=O)N(CCc2ccccc2)C3=O)n1. The normalized spacial score (nSPS) is 12.9. The Morgan fingerprint density at radius 2 is 1.68 bits per heavy atom. The number of rotatable bonds is 7. The third-order valence-corrected chi connectivity index (χ3v) is 5.31. The first-order chi connectivity index (χ1) is 14.9. The van der Waals surface area contributed by atoms with Crippen LogP contribution in [0.15, 0.2) is 54.6 Å². The van der Waals surface area contributed by atoms with Crippen molar-refractivity contribution in [3.63, 3.8) is 0 Å². The summed E-state index contributed by atoms with van der Waals surface area (Å²) in [6.45, 7) is 4.74. The first-order valence-electron chi connectivity index (χ1n) is 10.2. The Balaban J connectivity index is 1.40. The lowest BCUT2D eigenvalue weighted by molar-refractivity contribution is 0.0486. The molecule has 2 amide bonds. The van der Waals surface area contributed by atoms with Gasteiger partial charge in [0.25, 0.3) is 11.8 Å². The molecule has 31 heavy (non-hydrogen) atoms. The van der Waals surface area contributed by atoms with Gasteiger partial charge < -0.3 is 4.74 Å². The van der Waals surface area contributed by atoms with Crippen LogP contribution in [0.2, 0.25) is 0 Å². The summed E-state index contributed by atoms with van der Waals surface area (Å²) in [4.78, 5) is 39.1. The fraction of sp³-hybridized carbons (Fsp3) is 0.250. The number of carbonyl (C=O) groups is 3. The van der Waals surface area contributed by atoms with Crippen LogP contribution in [0, 0.1) is 13.8 Å². The molecule has 0 saturated carbocycles. The number of fused-ring (bicyclic) bond motifs is 1. The molecule has 0 aliphatic carbocycles. The molecule has 2 heterocycles. The summed E-state index contributed by atoms with van der Waals surface area (Å²) in [5.41, 5.74) is 3.75. The number of nitrogens with zero attached hydrogens (tertiary/aromatic N) is 3. The highest BCUT2D eigenvalue weighted by Crippen LogP contribution is 2.24. The monoisotopic (exact) mass is 417 g/mol. The van der Waals surface area contributed by atoms with Crippen molar-refractivity contribution in [2.75, 3.05) is 13.2 Å². The Labute approximate surface area is 180 Å². The van der Waals surface area contributed by atoms with E-state index in [-0.39, 0.29) is 29.5 Å². The van der Waals surface area contributed by atoms with E-state index in [0.29, 0.717) is 25.1 Å². The zero-order valence-corrected chi connectivity index (χ0v) is 17.5. The fourth-order valence-corrected chi connectivity index (χ4v) is 3.72. The maximum Gasteiger partial charge on any atom is 0.338 e. The van der Waals surface area contributed by atoms with E-state index in [4.69, 9.17) is 4.74 Å². The van der Waals surface area contributed by atoms with Crippen molar-refractivity contribution in [2.24, 2.45) is 0 Å². The topological polar surface area (TPSA) is 81.5 Å². The number of esters is 1. The van der Waals surface area contributed by atoms with Crippen molar-refractivity contribution in [3.05, 3.63) is 88.2 Å². The number of amides is 2. The summed E-state index contributed by atoms with van der Waals surface area (Å²) in [6.07, 6.45) is 0.577. The summed E-state index contributed by atoms with van der Waals surface area (Å²) in [7, 11) is 0. The summed E-state index contributed by atoms with van der Waals surface area (Å²) in [6, 6.07) is 16.1. The third kappa shape index (κ3) is 4.26. The van der Waals surface area contributed by atoms with Crippen LogP contribution in [0.3, 0.4) is 0 Å². The summed E-state index contributed by atoms with van der Waals surface area (Å²) < 4.78 is 7.12. The highest BCUT2D eigenvalue weighted by Gasteiger charge is 2.35. The fourth-order valence-electron chi connectivity index (χ4n) is 3.72. The summed E-state index contributed by atoms with van der Waals surface area (Å²) >= 11 is 0. The van der Waals surface area contributed by atoms with E-state index in [1.54, 1.807) is 4.68 Å². The molecule has 0 N–H and O–H groups in total. The van der Waals surface area contributed by atoms with Crippen LogP contribution in [0.5, 0.6) is 0 Å². The van der Waals surface area contributed by atoms with Crippen LogP contribution >= 0.6 is 0 Å². The molecule has 0 spiro atoms. The number of aromatic nitrogens is 2. The number of imide groups is 1. The number of aryl methyl sites for hydroxylation is 2. The Morgan fingerprint density at radius 3 is 2.39 bits per heavy atom. The molecule has 0 atom stereocenters. The van der Waals surface area contributed by atoms with Gasteiger partial charge in [0.15, 0.2) is 0 Å². The number of carbonyl (C=O) groups excluding carboxylic acids is 3. The predicted molar refractivity (Wildman–Crippen MR) is 114 cm³/mol. The molecule has 0 unspecified atom stereocenters. The van der Waals surface area contributed by atoms with Gasteiger partial charge in [-0.25, -0.2) is 4.79 Å². The molecule has 158 valence electrons. The first-order valence-corrected chi connectivity index (χ1v) is 10.2. The molecule has 1 aromatic heterocycles. The van der Waals surface area contributed by atoms with Gasteiger partial charge in [-0.05, 0) is 50.1 Å². The van der Waals surface area contributed by atoms with Crippen LogP contribution in [-0.4, -0.2) is 45.6 Å². The number of hydrogen-bond acceptors (Lipinski definition) is 5. The van der Waals surface area contributed by atoms with Crippen LogP contribution in [0.1, 0.15) is 48.0 Å². The van der Waals surface area contributed by atoms with Gasteiger partial charge in [0.2, 0.25) is 0 Å². The Hall–Kier alpha value is -3.74. The van der Waals surface area contributed by atoms with Gasteiger partial charge in [0.1, 0.15) is 6.61 Å². The first kappa shape index (κ1) is 20.5. The number of ether oxygens (including phenoxy) is 1. The van der Waals surface area contributed by atoms with E-state index in [0.717, 1.165) is 17.0 Å². The maximum absolute atomic E-state index is 12.8. The average molecular weight is 417 g/mol. The van der Waals surface area contributed by atoms with Crippen molar-refractivity contribution in [3.8, 4) is 0 Å². The number of benzene rings is 2. The lowest BCUT2D eigenvalue weighted by Crippen LogP contribution is -2.31. The van der Waals surface area contributed by atoms with Crippen LogP contribution < -0.4 is 0 Å². The van der Waals surface area contributed by atoms with Gasteiger partial charge in [-0.15, -0.1) is 0 Å². The second kappa shape index (κ2) is 8.55. The van der Waals surface area contributed by atoms with Gasteiger partial charge in [-0.1, -0.05) is 30.3 Å². The standard InChI is InChI=1S/C24H23N3O4/c1-16-14-17(2)27(25-16)12-13-31-24(30)19-8-9-20-21(15-19)23(29)26(22(20)28)11-10-18-6-4-3-5-7-18/h3-9,14-15H,10-13H2,1-2H3.